The maximum atomic E-state index is 2.40. The van der Waals surface area contributed by atoms with E-state index in [9.17, 15) is 0 Å². The third-order valence-electron chi connectivity index (χ3n) is 3.11. The zero-order valence-corrected chi connectivity index (χ0v) is 14.8. The summed E-state index contributed by atoms with van der Waals surface area (Å²) in [4.78, 5) is 0. The van der Waals surface area contributed by atoms with E-state index in [1.807, 2.05) is 10.8 Å². The van der Waals surface area contributed by atoms with E-state index in [1.165, 1.54) is 82.1 Å². The molecule has 0 rings (SSSR count). The maximum Gasteiger partial charge on any atom is 0.00369 e. The Balaban J connectivity index is 2.99. The average molecular weight is 303 g/mol. The van der Waals surface area contributed by atoms with Crippen LogP contribution < -0.4 is 0 Å². The van der Waals surface area contributed by atoms with Crippen LogP contribution in [0.2, 0.25) is 0 Å². The Kier molecular flexibility index (Phi) is 18.9. The fraction of sp³-hybridized carbons (Fsp3) is 0.882. The first-order valence-corrected chi connectivity index (χ1v) is 10.8. The zero-order valence-electron chi connectivity index (χ0n) is 13.2. The molecule has 0 aromatic carbocycles. The van der Waals surface area contributed by atoms with E-state index in [0.717, 1.165) is 0 Å². The lowest BCUT2D eigenvalue weighted by molar-refractivity contribution is 0.667. The van der Waals surface area contributed by atoms with Crippen LogP contribution in [-0.4, -0.2) is 11.5 Å². The van der Waals surface area contributed by atoms with E-state index in [-0.39, 0.29) is 0 Å². The topological polar surface area (TPSA) is 0 Å². The lowest BCUT2D eigenvalue weighted by Crippen LogP contribution is -1.81. The molecule has 0 aliphatic heterocycles. The number of rotatable bonds is 15. The molecule has 0 amide bonds. The molecule has 114 valence electrons. The molecule has 0 saturated carbocycles. The summed E-state index contributed by atoms with van der Waals surface area (Å²) in [5.74, 6) is 2.66. The molecule has 0 bridgehead atoms. The van der Waals surface area contributed by atoms with Crippen molar-refractivity contribution in [1.82, 2.24) is 0 Å². The molecule has 0 saturated heterocycles. The van der Waals surface area contributed by atoms with Crippen LogP contribution in [0.1, 0.15) is 84.5 Å². The first-order chi connectivity index (χ1) is 9.41. The minimum atomic E-state index is 1.30. The maximum absolute atomic E-state index is 2.40. The van der Waals surface area contributed by atoms with Gasteiger partial charge in [-0.15, -0.1) is 0 Å². The first-order valence-electron chi connectivity index (χ1n) is 8.31. The van der Waals surface area contributed by atoms with E-state index < -0.39 is 0 Å². The van der Waals surface area contributed by atoms with Crippen molar-refractivity contribution in [2.75, 3.05) is 11.5 Å². The van der Waals surface area contributed by atoms with Crippen LogP contribution in [0.3, 0.4) is 0 Å². The molecule has 0 aromatic rings. The van der Waals surface area contributed by atoms with Crippen molar-refractivity contribution >= 4 is 21.6 Å². The minimum Gasteiger partial charge on any atom is -0.0942 e. The van der Waals surface area contributed by atoms with Gasteiger partial charge in [0.1, 0.15) is 0 Å². The highest BCUT2D eigenvalue weighted by Crippen LogP contribution is 2.23. The summed E-state index contributed by atoms with van der Waals surface area (Å²) in [6, 6.07) is 0. The van der Waals surface area contributed by atoms with Crippen LogP contribution in [0, 0.1) is 0 Å². The Morgan fingerprint density at radius 2 is 1.16 bits per heavy atom. The van der Waals surface area contributed by atoms with Gasteiger partial charge in [0.2, 0.25) is 0 Å². The summed E-state index contributed by atoms with van der Waals surface area (Å²) in [5, 5.41) is 0. The predicted octanol–water partition coefficient (Wildman–Crippen LogP) is 7.25. The Morgan fingerprint density at radius 3 is 1.79 bits per heavy atom. The van der Waals surface area contributed by atoms with Gasteiger partial charge >= 0.3 is 0 Å². The van der Waals surface area contributed by atoms with Crippen LogP contribution in [-0.2, 0) is 0 Å². The molecule has 0 heterocycles. The molecule has 0 radical (unpaired) electrons. The second-order valence-corrected chi connectivity index (χ2v) is 7.87. The summed E-state index contributed by atoms with van der Waals surface area (Å²) in [7, 11) is 4.10. The molecule has 2 heteroatoms. The zero-order chi connectivity index (χ0) is 14.0. The number of hydrogen-bond donors (Lipinski definition) is 0. The SMILES string of the molecule is CCCCCC/C=C/CCCCCCSSCCC. The second-order valence-electron chi connectivity index (χ2n) is 5.17. The molecule has 19 heavy (non-hydrogen) atoms. The smallest absolute Gasteiger partial charge is 0.00369 e. The summed E-state index contributed by atoms with van der Waals surface area (Å²) in [5.41, 5.74) is 0. The van der Waals surface area contributed by atoms with Crippen molar-refractivity contribution < 1.29 is 0 Å². The fourth-order valence-electron chi connectivity index (χ4n) is 1.90. The van der Waals surface area contributed by atoms with Gasteiger partial charge in [-0.1, -0.05) is 79.7 Å². The van der Waals surface area contributed by atoms with Crippen molar-refractivity contribution in [1.29, 1.82) is 0 Å². The van der Waals surface area contributed by atoms with Gasteiger partial charge in [-0.25, -0.2) is 0 Å². The third-order valence-corrected chi connectivity index (χ3v) is 5.81. The van der Waals surface area contributed by atoms with Gasteiger partial charge in [0, 0.05) is 11.5 Å². The summed E-state index contributed by atoms with van der Waals surface area (Å²) < 4.78 is 0. The normalized spacial score (nSPS) is 11.5. The van der Waals surface area contributed by atoms with E-state index in [0.29, 0.717) is 0 Å². The van der Waals surface area contributed by atoms with Crippen LogP contribution in [0.25, 0.3) is 0 Å². The predicted molar refractivity (Wildman–Crippen MR) is 96.2 cm³/mol. The summed E-state index contributed by atoms with van der Waals surface area (Å²) in [6.45, 7) is 4.53. The molecule has 0 fully saturated rings. The fourth-order valence-corrected chi connectivity index (χ4v) is 4.19. The summed E-state index contributed by atoms with van der Waals surface area (Å²) >= 11 is 0. The van der Waals surface area contributed by atoms with Crippen LogP contribution in [0.15, 0.2) is 12.2 Å². The van der Waals surface area contributed by atoms with Gasteiger partial charge in [-0.05, 0) is 38.5 Å². The quantitative estimate of drug-likeness (QED) is 0.177. The highest BCUT2D eigenvalue weighted by Gasteiger charge is 1.91. The molecule has 0 nitrogen and oxygen atoms in total. The van der Waals surface area contributed by atoms with Gasteiger partial charge in [-0.2, -0.15) is 0 Å². The first kappa shape index (κ1) is 19.4. The molecule has 0 spiro atoms. The Bertz CT molecular complexity index is 178. The molecule has 0 unspecified atom stereocenters. The average Bonchev–Trinajstić information content (AvgIpc) is 2.43. The van der Waals surface area contributed by atoms with Gasteiger partial charge in [0.15, 0.2) is 0 Å². The lowest BCUT2D eigenvalue weighted by atomic mass is 10.1. The van der Waals surface area contributed by atoms with Crippen molar-refractivity contribution in [2.24, 2.45) is 0 Å². The van der Waals surface area contributed by atoms with Crippen molar-refractivity contribution in [3.05, 3.63) is 12.2 Å². The van der Waals surface area contributed by atoms with E-state index in [2.05, 4.69) is 36.8 Å². The largest absolute Gasteiger partial charge is 0.0942 e. The van der Waals surface area contributed by atoms with E-state index in [1.54, 1.807) is 0 Å². The molecule has 0 aliphatic rings. The van der Waals surface area contributed by atoms with Gasteiger partial charge in [0.25, 0.3) is 0 Å². The highest BCUT2D eigenvalue weighted by atomic mass is 33.1. The van der Waals surface area contributed by atoms with Crippen molar-refractivity contribution in [3.63, 3.8) is 0 Å². The highest BCUT2D eigenvalue weighted by molar-refractivity contribution is 8.76. The minimum absolute atomic E-state index is 1.30. The van der Waals surface area contributed by atoms with Crippen molar-refractivity contribution in [3.8, 4) is 0 Å². The van der Waals surface area contributed by atoms with Gasteiger partial charge < -0.3 is 0 Å². The molecule has 0 aromatic heterocycles. The molecular weight excluding hydrogens is 268 g/mol. The summed E-state index contributed by atoms with van der Waals surface area (Å²) in [6.07, 6.45) is 19.9. The molecule has 0 N–H and O–H groups in total. The van der Waals surface area contributed by atoms with E-state index in [4.69, 9.17) is 0 Å². The number of unbranched alkanes of at least 4 members (excludes halogenated alkanes) is 8. The van der Waals surface area contributed by atoms with Crippen LogP contribution >= 0.6 is 21.6 Å². The van der Waals surface area contributed by atoms with Crippen LogP contribution in [0.4, 0.5) is 0 Å². The number of allylic oxidation sites excluding steroid dienone is 2. The second kappa shape index (κ2) is 18.4. The number of hydrogen-bond acceptors (Lipinski definition) is 2. The van der Waals surface area contributed by atoms with Gasteiger partial charge in [-0.3, -0.25) is 0 Å². The van der Waals surface area contributed by atoms with Crippen LogP contribution in [0.5, 0.6) is 0 Å². The van der Waals surface area contributed by atoms with Crippen molar-refractivity contribution in [2.45, 2.75) is 84.5 Å². The standard InChI is InChI=1S/C17H34S2/c1-3-5-6-7-8-9-10-11-12-13-14-15-17-19-18-16-4-2/h9-10H,3-8,11-17H2,1-2H3/b10-9+. The lowest BCUT2D eigenvalue weighted by Gasteiger charge is -2.00. The van der Waals surface area contributed by atoms with Gasteiger partial charge in [0.05, 0.1) is 0 Å². The Labute approximate surface area is 130 Å². The van der Waals surface area contributed by atoms with E-state index >= 15 is 0 Å². The Hall–Kier alpha value is 0.440. The third kappa shape index (κ3) is 18.4. The molecule has 0 atom stereocenters. The Morgan fingerprint density at radius 1 is 0.579 bits per heavy atom. The molecular formula is C17H34S2. The molecule has 0 aliphatic carbocycles. The monoisotopic (exact) mass is 302 g/mol.